The SMILES string of the molecule is [CH2]C(CC)(CO)[N+](=O)[O-]. The maximum Gasteiger partial charge on any atom is 0.244 e. The average molecular weight is 132 g/mol. The van der Waals surface area contributed by atoms with Crippen molar-refractivity contribution in [3.05, 3.63) is 17.0 Å². The van der Waals surface area contributed by atoms with E-state index in [2.05, 4.69) is 6.92 Å². The van der Waals surface area contributed by atoms with Gasteiger partial charge in [0.05, 0.1) is 0 Å². The third-order valence-electron chi connectivity index (χ3n) is 1.34. The second kappa shape index (κ2) is 2.77. The normalized spacial score (nSPS) is 16.8. The van der Waals surface area contributed by atoms with Gasteiger partial charge in [-0.25, -0.2) is 0 Å². The third kappa shape index (κ3) is 1.64. The van der Waals surface area contributed by atoms with Crippen molar-refractivity contribution in [2.45, 2.75) is 18.9 Å². The maximum absolute atomic E-state index is 10.1. The molecule has 0 aromatic heterocycles. The van der Waals surface area contributed by atoms with Crippen molar-refractivity contribution in [2.75, 3.05) is 6.61 Å². The zero-order valence-electron chi connectivity index (χ0n) is 5.33. The Bertz CT molecular complexity index is 109. The quantitative estimate of drug-likeness (QED) is 0.442. The van der Waals surface area contributed by atoms with E-state index in [9.17, 15) is 10.1 Å². The van der Waals surface area contributed by atoms with Crippen LogP contribution in [0.4, 0.5) is 0 Å². The number of aliphatic hydroxyl groups is 1. The zero-order chi connectivity index (χ0) is 7.49. The summed E-state index contributed by atoms with van der Waals surface area (Å²) >= 11 is 0. The minimum absolute atomic E-state index is 0.247. The second-order valence-electron chi connectivity index (χ2n) is 1.99. The Morgan fingerprint density at radius 1 is 1.89 bits per heavy atom. The molecule has 0 aromatic carbocycles. The lowest BCUT2D eigenvalue weighted by molar-refractivity contribution is -0.560. The predicted octanol–water partition coefficient (Wildman–Crippen LogP) is 0.238. The van der Waals surface area contributed by atoms with E-state index in [1.807, 2.05) is 0 Å². The van der Waals surface area contributed by atoms with E-state index in [0.29, 0.717) is 0 Å². The summed E-state index contributed by atoms with van der Waals surface area (Å²) in [6, 6.07) is 0. The molecule has 0 aliphatic rings. The van der Waals surface area contributed by atoms with Gasteiger partial charge in [-0.05, 0) is 0 Å². The Kier molecular flexibility index (Phi) is 2.58. The van der Waals surface area contributed by atoms with Gasteiger partial charge in [0.25, 0.3) is 0 Å². The predicted molar refractivity (Wildman–Crippen MR) is 32.5 cm³/mol. The molecule has 4 heteroatoms. The molecule has 0 spiro atoms. The monoisotopic (exact) mass is 132 g/mol. The molecule has 0 heterocycles. The highest BCUT2D eigenvalue weighted by molar-refractivity contribution is 4.78. The minimum atomic E-state index is -1.39. The summed E-state index contributed by atoms with van der Waals surface area (Å²) < 4.78 is 0. The van der Waals surface area contributed by atoms with E-state index < -0.39 is 17.1 Å². The van der Waals surface area contributed by atoms with Crippen molar-refractivity contribution >= 4 is 0 Å². The highest BCUT2D eigenvalue weighted by Gasteiger charge is 2.33. The Labute approximate surface area is 53.6 Å². The molecule has 1 N–H and O–H groups in total. The minimum Gasteiger partial charge on any atom is -0.389 e. The van der Waals surface area contributed by atoms with Crippen LogP contribution in [0.15, 0.2) is 0 Å². The first kappa shape index (κ1) is 8.36. The molecule has 0 aliphatic heterocycles. The van der Waals surface area contributed by atoms with Crippen LogP contribution < -0.4 is 0 Å². The van der Waals surface area contributed by atoms with Crippen LogP contribution in [0.1, 0.15) is 13.3 Å². The number of nitro groups is 1. The van der Waals surface area contributed by atoms with Gasteiger partial charge in [0, 0.05) is 18.3 Å². The fourth-order valence-corrected chi connectivity index (χ4v) is 0.299. The molecule has 53 valence electrons. The number of rotatable bonds is 3. The van der Waals surface area contributed by atoms with E-state index in [-0.39, 0.29) is 6.42 Å². The summed E-state index contributed by atoms with van der Waals surface area (Å²) in [6.45, 7) is 4.37. The Balaban J connectivity index is 4.09. The Morgan fingerprint density at radius 2 is 2.33 bits per heavy atom. The van der Waals surface area contributed by atoms with Crippen molar-refractivity contribution in [2.24, 2.45) is 0 Å². The first-order chi connectivity index (χ1) is 4.06. The molecular weight excluding hydrogens is 122 g/mol. The van der Waals surface area contributed by atoms with Crippen LogP contribution in [0.5, 0.6) is 0 Å². The Hall–Kier alpha value is -0.640. The van der Waals surface area contributed by atoms with Gasteiger partial charge >= 0.3 is 0 Å². The van der Waals surface area contributed by atoms with Crippen molar-refractivity contribution in [1.29, 1.82) is 0 Å². The highest BCUT2D eigenvalue weighted by Crippen LogP contribution is 2.10. The summed E-state index contributed by atoms with van der Waals surface area (Å²) in [7, 11) is 0. The molecule has 0 bridgehead atoms. The number of hydrogen-bond acceptors (Lipinski definition) is 3. The van der Waals surface area contributed by atoms with Crippen molar-refractivity contribution in [1.82, 2.24) is 0 Å². The van der Waals surface area contributed by atoms with E-state index >= 15 is 0 Å². The molecule has 0 saturated heterocycles. The molecule has 0 rings (SSSR count). The summed E-state index contributed by atoms with van der Waals surface area (Å²) in [5, 5.41) is 18.5. The van der Waals surface area contributed by atoms with Gasteiger partial charge in [0.1, 0.15) is 6.61 Å². The van der Waals surface area contributed by atoms with Crippen LogP contribution in [0.2, 0.25) is 0 Å². The molecular formula is C5H10NO3. The first-order valence-corrected chi connectivity index (χ1v) is 2.67. The summed E-state index contributed by atoms with van der Waals surface area (Å²) in [5.41, 5.74) is -1.39. The fourth-order valence-electron chi connectivity index (χ4n) is 0.299. The van der Waals surface area contributed by atoms with E-state index in [0.717, 1.165) is 0 Å². The van der Waals surface area contributed by atoms with Crippen LogP contribution in [0, 0.1) is 17.0 Å². The lowest BCUT2D eigenvalue weighted by Crippen LogP contribution is -2.38. The lowest BCUT2D eigenvalue weighted by Gasteiger charge is -2.14. The van der Waals surface area contributed by atoms with Gasteiger partial charge < -0.3 is 5.11 Å². The van der Waals surface area contributed by atoms with Crippen LogP contribution in [-0.2, 0) is 0 Å². The first-order valence-electron chi connectivity index (χ1n) is 2.67. The fraction of sp³-hybridized carbons (Fsp3) is 0.800. The smallest absolute Gasteiger partial charge is 0.244 e. The molecule has 1 radical (unpaired) electrons. The van der Waals surface area contributed by atoms with E-state index in [1.165, 1.54) is 0 Å². The molecule has 0 amide bonds. The zero-order valence-corrected chi connectivity index (χ0v) is 5.33. The highest BCUT2D eigenvalue weighted by atomic mass is 16.6. The molecule has 1 atom stereocenters. The molecule has 0 aliphatic carbocycles. The Morgan fingerprint density at radius 3 is 2.33 bits per heavy atom. The molecule has 1 unspecified atom stereocenters. The standard InChI is InChI=1S/C5H10NO3/c1-3-5(2,4-7)6(8)9/h7H,2-4H2,1H3. The lowest BCUT2D eigenvalue weighted by atomic mass is 10.0. The van der Waals surface area contributed by atoms with Gasteiger partial charge in [0.2, 0.25) is 5.54 Å². The molecule has 0 fully saturated rings. The third-order valence-corrected chi connectivity index (χ3v) is 1.34. The van der Waals surface area contributed by atoms with Crippen molar-refractivity contribution in [3.63, 3.8) is 0 Å². The van der Waals surface area contributed by atoms with Crippen molar-refractivity contribution < 1.29 is 10.0 Å². The van der Waals surface area contributed by atoms with Gasteiger partial charge in [-0.1, -0.05) is 6.92 Å². The number of aliphatic hydroxyl groups excluding tert-OH is 1. The molecule has 9 heavy (non-hydrogen) atoms. The van der Waals surface area contributed by atoms with Crippen LogP contribution in [-0.4, -0.2) is 22.2 Å². The summed E-state index contributed by atoms with van der Waals surface area (Å²) in [5.74, 6) is 0. The number of hydrogen-bond donors (Lipinski definition) is 1. The van der Waals surface area contributed by atoms with Gasteiger partial charge in [-0.15, -0.1) is 0 Å². The molecule has 4 nitrogen and oxygen atoms in total. The van der Waals surface area contributed by atoms with Crippen LogP contribution in [0.25, 0.3) is 0 Å². The maximum atomic E-state index is 10.1. The van der Waals surface area contributed by atoms with Gasteiger partial charge in [0.15, 0.2) is 0 Å². The van der Waals surface area contributed by atoms with Crippen LogP contribution >= 0.6 is 0 Å². The average Bonchev–Trinajstić information content (AvgIpc) is 1.86. The van der Waals surface area contributed by atoms with Crippen LogP contribution in [0.3, 0.4) is 0 Å². The van der Waals surface area contributed by atoms with Crippen molar-refractivity contribution in [3.8, 4) is 0 Å². The second-order valence-corrected chi connectivity index (χ2v) is 1.99. The van der Waals surface area contributed by atoms with E-state index in [1.54, 1.807) is 6.92 Å². The largest absolute Gasteiger partial charge is 0.389 e. The molecule has 0 aromatic rings. The molecule has 0 saturated carbocycles. The van der Waals surface area contributed by atoms with E-state index in [4.69, 9.17) is 5.11 Å². The topological polar surface area (TPSA) is 63.4 Å². The number of nitrogens with zero attached hydrogens (tertiary/aromatic N) is 1. The summed E-state index contributed by atoms with van der Waals surface area (Å²) in [6.07, 6.45) is 0.247. The van der Waals surface area contributed by atoms with Gasteiger partial charge in [-0.3, -0.25) is 10.1 Å². The summed E-state index contributed by atoms with van der Waals surface area (Å²) in [4.78, 5) is 9.50. The van der Waals surface area contributed by atoms with Gasteiger partial charge in [-0.2, -0.15) is 0 Å².